The molecule has 3 amide bonds. The number of likely N-dealkylation sites (tertiary alicyclic amines) is 1. The lowest BCUT2D eigenvalue weighted by molar-refractivity contribution is -0.143. The zero-order valence-corrected chi connectivity index (χ0v) is 44.3. The fraction of sp³-hybridized carbons (Fsp3) is 0.464. The average molecular weight is 1050 g/mol. The largest absolute Gasteiger partial charge is 0.491 e. The van der Waals surface area contributed by atoms with Crippen molar-refractivity contribution >= 4 is 52.2 Å². The topological polar surface area (TPSA) is 186 Å². The molecular formula is C56H68ClN9O7S. The number of rotatable bonds is 20. The molecule has 18 heteroatoms. The predicted octanol–water partition coefficient (Wildman–Crippen LogP) is 6.70. The molecule has 5 aromatic rings. The zero-order chi connectivity index (χ0) is 52.0. The van der Waals surface area contributed by atoms with Crippen molar-refractivity contribution < 1.29 is 34.1 Å². The summed E-state index contributed by atoms with van der Waals surface area (Å²) in [6.45, 7) is 17.7. The van der Waals surface area contributed by atoms with E-state index < -0.39 is 30.2 Å². The van der Waals surface area contributed by atoms with Crippen molar-refractivity contribution in [1.82, 2.24) is 40.3 Å². The van der Waals surface area contributed by atoms with Gasteiger partial charge >= 0.3 is 0 Å². The van der Waals surface area contributed by atoms with Gasteiger partial charge in [-0.25, -0.2) is 15.0 Å². The van der Waals surface area contributed by atoms with Crippen LogP contribution in [0.3, 0.4) is 0 Å². The number of β-amino-alcohol motifs (C(OH)–C–C–N with tert-alkyl or cyclic N) is 1. The van der Waals surface area contributed by atoms with Crippen molar-refractivity contribution in [2.24, 2.45) is 5.92 Å². The van der Waals surface area contributed by atoms with Crippen LogP contribution in [0.15, 0.2) is 85.1 Å². The summed E-state index contributed by atoms with van der Waals surface area (Å²) in [6, 6.07) is 20.0. The van der Waals surface area contributed by atoms with Crippen LogP contribution in [-0.2, 0) is 32.2 Å². The van der Waals surface area contributed by atoms with Crippen molar-refractivity contribution in [2.45, 2.75) is 96.2 Å². The van der Waals surface area contributed by atoms with Gasteiger partial charge < -0.3 is 49.9 Å². The molecule has 6 atom stereocenters. The van der Waals surface area contributed by atoms with E-state index in [9.17, 15) is 24.6 Å². The second-order valence-electron chi connectivity index (χ2n) is 20.2. The van der Waals surface area contributed by atoms with E-state index in [1.807, 2.05) is 103 Å². The molecule has 0 spiro atoms. The van der Waals surface area contributed by atoms with E-state index in [0.29, 0.717) is 88.3 Å². The summed E-state index contributed by atoms with van der Waals surface area (Å²) in [5, 5.41) is 28.6. The summed E-state index contributed by atoms with van der Waals surface area (Å²) in [6.07, 6.45) is 1.61. The molecule has 9 rings (SSSR count). The molecule has 2 fully saturated rings. The fourth-order valence-corrected chi connectivity index (χ4v) is 11.9. The number of nitrogens with zero attached hydrogens (tertiary/aromatic N) is 7. The number of amides is 3. The second-order valence-corrected chi connectivity index (χ2v) is 21.5. The molecule has 392 valence electrons. The number of hydrogen-bond donors (Lipinski definition) is 4. The smallest absolute Gasteiger partial charge is 0.246 e. The number of nitrogens with one attached hydrogen (secondary N) is 2. The number of aromatic nitrogens is 3. The Morgan fingerprint density at radius 1 is 0.946 bits per heavy atom. The van der Waals surface area contributed by atoms with Gasteiger partial charge in [0.05, 0.1) is 46.5 Å². The summed E-state index contributed by atoms with van der Waals surface area (Å²) in [7, 11) is 0. The van der Waals surface area contributed by atoms with Gasteiger partial charge in [-0.15, -0.1) is 11.3 Å². The first-order chi connectivity index (χ1) is 35.8. The van der Waals surface area contributed by atoms with E-state index >= 15 is 0 Å². The molecule has 4 N–H and O–H groups in total. The van der Waals surface area contributed by atoms with Crippen molar-refractivity contribution in [3.63, 3.8) is 0 Å². The fourth-order valence-electron chi connectivity index (χ4n) is 11.0. The molecule has 74 heavy (non-hydrogen) atoms. The van der Waals surface area contributed by atoms with Crippen molar-refractivity contribution in [3.8, 4) is 16.2 Å². The standard InChI is InChI=1S/C56H68ClN9O7S/c1-34(2)51(65-30-41-9-6-7-10-44(41)37(65)5)56(71)66-31-43(67)27-46(66)54(69)59-28-40-12-11-39(52-36(4)62-33-74-52)26-48(40)73-24-23-72-22-8-17-58-29-45(38-13-15-42(57)16-14-38)55(70)64-20-18-63(19-21-64)53-49-35(3)25-47(68)50(49)60-32-61-53/h6-7,9-16,26,32-35,43,45-47,51,58,67-68H,5,8,17-25,27-31H2,1-4H3,(H,59,69)/t35-,43-,45-,46?,47-,51+/m1/s1. The normalized spacial score (nSPS) is 20.2. The summed E-state index contributed by atoms with van der Waals surface area (Å²) in [4.78, 5) is 64.8. The predicted molar refractivity (Wildman–Crippen MR) is 287 cm³/mol. The number of ether oxygens (including phenoxy) is 2. The molecule has 16 nitrogen and oxygen atoms in total. The van der Waals surface area contributed by atoms with Gasteiger partial charge in [-0.1, -0.05) is 87.5 Å². The van der Waals surface area contributed by atoms with Gasteiger partial charge in [0.1, 0.15) is 36.6 Å². The van der Waals surface area contributed by atoms with E-state index in [1.54, 1.807) is 16.2 Å². The molecule has 4 aliphatic rings. The van der Waals surface area contributed by atoms with Crippen LogP contribution in [0, 0.1) is 12.8 Å². The maximum Gasteiger partial charge on any atom is 0.246 e. The summed E-state index contributed by atoms with van der Waals surface area (Å²) >= 11 is 7.80. The van der Waals surface area contributed by atoms with E-state index in [1.165, 1.54) is 6.33 Å². The summed E-state index contributed by atoms with van der Waals surface area (Å²) in [5.74, 6) is 0.649. The molecule has 5 heterocycles. The minimum absolute atomic E-state index is 0.0546. The average Bonchev–Trinajstić information content (AvgIpc) is 4.18. The monoisotopic (exact) mass is 1050 g/mol. The van der Waals surface area contributed by atoms with Crippen molar-refractivity contribution in [3.05, 3.63) is 129 Å². The quantitative estimate of drug-likeness (QED) is 0.0605. The number of fused-ring (bicyclic) bond motifs is 2. The van der Waals surface area contributed by atoms with Crippen LogP contribution in [0.5, 0.6) is 5.75 Å². The van der Waals surface area contributed by atoms with Crippen LogP contribution in [0.2, 0.25) is 5.02 Å². The second kappa shape index (κ2) is 23.7. The van der Waals surface area contributed by atoms with Gasteiger partial charge in [0.25, 0.3) is 0 Å². The number of thiazole rings is 1. The number of benzene rings is 3. The third-order valence-corrected chi connectivity index (χ3v) is 16.1. The van der Waals surface area contributed by atoms with Crippen LogP contribution < -0.4 is 20.3 Å². The van der Waals surface area contributed by atoms with E-state index in [-0.39, 0.29) is 55.7 Å². The maximum atomic E-state index is 14.4. The summed E-state index contributed by atoms with van der Waals surface area (Å²) < 4.78 is 12.4. The highest BCUT2D eigenvalue weighted by molar-refractivity contribution is 7.13. The van der Waals surface area contributed by atoms with E-state index in [4.69, 9.17) is 21.1 Å². The van der Waals surface area contributed by atoms with Gasteiger partial charge in [-0.2, -0.15) is 0 Å². The highest BCUT2D eigenvalue weighted by Gasteiger charge is 2.45. The lowest BCUT2D eigenvalue weighted by Gasteiger charge is -2.38. The Morgan fingerprint density at radius 2 is 1.73 bits per heavy atom. The molecule has 3 aliphatic heterocycles. The number of aryl methyl sites for hydroxylation is 1. The molecule has 0 bridgehead atoms. The van der Waals surface area contributed by atoms with Crippen LogP contribution in [0.4, 0.5) is 5.82 Å². The molecule has 3 aromatic carbocycles. The third kappa shape index (κ3) is 11.6. The summed E-state index contributed by atoms with van der Waals surface area (Å²) in [5.41, 5.74) is 9.96. The lowest BCUT2D eigenvalue weighted by Crippen LogP contribution is -2.54. The number of piperazine rings is 1. The number of carbonyl (C=O) groups is 3. The zero-order valence-electron chi connectivity index (χ0n) is 42.7. The highest BCUT2D eigenvalue weighted by atomic mass is 35.5. The van der Waals surface area contributed by atoms with Crippen LogP contribution >= 0.6 is 22.9 Å². The molecule has 1 aliphatic carbocycles. The Kier molecular flexibility index (Phi) is 17.0. The third-order valence-electron chi connectivity index (χ3n) is 14.8. The van der Waals surface area contributed by atoms with E-state index in [0.717, 1.165) is 55.5 Å². The highest BCUT2D eigenvalue weighted by Crippen LogP contribution is 2.43. The van der Waals surface area contributed by atoms with Crippen LogP contribution in [0.25, 0.3) is 16.1 Å². The molecule has 1 unspecified atom stereocenters. The van der Waals surface area contributed by atoms with Crippen LogP contribution in [0.1, 0.15) is 97.2 Å². The SMILES string of the molecule is C=C1c2ccccc2CN1[C@H](C(=O)N1C[C@H](O)CC1C(=O)NCc1ccc(-c2scnc2C)cc1OCCOCCCNC[C@@H](C(=O)N1CCN(c2ncnc3c2[C@H](C)C[C@H]3O)CC1)c1ccc(Cl)cc1)C(C)C. The molecular weight excluding hydrogens is 978 g/mol. The lowest BCUT2D eigenvalue weighted by atomic mass is 9.97. The minimum Gasteiger partial charge on any atom is -0.491 e. The first-order valence-corrected chi connectivity index (χ1v) is 27.1. The Labute approximate surface area is 442 Å². The molecule has 0 radical (unpaired) electrons. The van der Waals surface area contributed by atoms with Gasteiger partial charge in [0.15, 0.2) is 0 Å². The first-order valence-electron chi connectivity index (χ1n) is 25.8. The molecule has 2 saturated heterocycles. The Morgan fingerprint density at radius 3 is 2.47 bits per heavy atom. The maximum absolute atomic E-state index is 14.4. The number of halogens is 1. The van der Waals surface area contributed by atoms with E-state index in [2.05, 4.69) is 44.0 Å². The molecule has 0 saturated carbocycles. The minimum atomic E-state index is -0.841. The Bertz CT molecular complexity index is 2800. The molecule has 2 aromatic heterocycles. The first kappa shape index (κ1) is 52.9. The van der Waals surface area contributed by atoms with Gasteiger partial charge in [0, 0.05) is 92.8 Å². The number of anilines is 1. The Balaban J connectivity index is 0.762. The number of aliphatic hydroxyl groups excluding tert-OH is 2. The number of aliphatic hydroxyl groups is 2. The van der Waals surface area contributed by atoms with Crippen molar-refractivity contribution in [2.75, 3.05) is 70.5 Å². The van der Waals surface area contributed by atoms with Crippen LogP contribution in [-0.4, -0.2) is 141 Å². The number of hydrogen-bond acceptors (Lipinski definition) is 14. The van der Waals surface area contributed by atoms with Gasteiger partial charge in [-0.3, -0.25) is 14.4 Å². The van der Waals surface area contributed by atoms with Crippen molar-refractivity contribution in [1.29, 1.82) is 0 Å². The van der Waals surface area contributed by atoms with Gasteiger partial charge in [-0.05, 0) is 73.0 Å². The Hall–Kier alpha value is -5.95. The number of carbonyl (C=O) groups excluding carboxylic acids is 3. The van der Waals surface area contributed by atoms with Gasteiger partial charge in [0.2, 0.25) is 17.7 Å².